The molecule has 0 atom stereocenters. The Labute approximate surface area is 193 Å². The van der Waals surface area contributed by atoms with Crippen molar-refractivity contribution in [3.05, 3.63) is 65.1 Å². The maximum absolute atomic E-state index is 5.93. The third-order valence-corrected chi connectivity index (χ3v) is 4.36. The number of guanidine groups is 1. The van der Waals surface area contributed by atoms with Crippen molar-refractivity contribution in [2.45, 2.75) is 39.3 Å². The Hall–Kier alpha value is -2.07. The van der Waals surface area contributed by atoms with E-state index in [0.717, 1.165) is 17.0 Å². The molecule has 29 heavy (non-hydrogen) atoms. The Morgan fingerprint density at radius 2 is 1.83 bits per heavy atom. The van der Waals surface area contributed by atoms with Crippen molar-refractivity contribution in [1.29, 1.82) is 0 Å². The molecule has 0 aliphatic heterocycles. The number of nitrogens with zero attached hydrogens (tertiary/aromatic N) is 4. The molecule has 3 aromatic rings. The van der Waals surface area contributed by atoms with Crippen LogP contribution < -0.4 is 10.6 Å². The highest BCUT2D eigenvalue weighted by Crippen LogP contribution is 2.22. The van der Waals surface area contributed by atoms with Gasteiger partial charge in [-0.3, -0.25) is 4.99 Å². The van der Waals surface area contributed by atoms with Crippen LogP contribution in [0.25, 0.3) is 5.69 Å². The summed E-state index contributed by atoms with van der Waals surface area (Å²) < 4.78 is 7.60. The van der Waals surface area contributed by atoms with Crippen LogP contribution >= 0.6 is 35.6 Å². The SMILES string of the molecule is CN=C(NCc1cnn(-c2ccc(Cl)cc2)c1)NCc1ncc(C(C)(C)C)o1.I. The normalized spacial score (nSPS) is 11.8. The van der Waals surface area contributed by atoms with Crippen LogP contribution in [0.15, 0.2) is 52.3 Å². The quantitative estimate of drug-likeness (QED) is 0.293. The number of aliphatic imine (C=N–C) groups is 1. The minimum absolute atomic E-state index is 0. The second-order valence-electron chi connectivity index (χ2n) is 7.42. The summed E-state index contributed by atoms with van der Waals surface area (Å²) in [6, 6.07) is 7.54. The molecule has 2 heterocycles. The Bertz CT molecular complexity index is 943. The van der Waals surface area contributed by atoms with E-state index in [1.807, 2.05) is 41.3 Å². The van der Waals surface area contributed by atoms with Gasteiger partial charge in [0.2, 0.25) is 5.89 Å². The Balaban J connectivity index is 0.00000300. The van der Waals surface area contributed by atoms with Gasteiger partial charge in [0.15, 0.2) is 5.96 Å². The molecule has 1 aromatic carbocycles. The zero-order valence-corrected chi connectivity index (χ0v) is 20.0. The van der Waals surface area contributed by atoms with Gasteiger partial charge >= 0.3 is 0 Å². The molecule has 0 fully saturated rings. The van der Waals surface area contributed by atoms with Crippen molar-refractivity contribution in [3.8, 4) is 5.69 Å². The average molecular weight is 529 g/mol. The minimum Gasteiger partial charge on any atom is -0.443 e. The van der Waals surface area contributed by atoms with Crippen LogP contribution in [0.1, 0.15) is 38.0 Å². The van der Waals surface area contributed by atoms with Gasteiger partial charge in [0.1, 0.15) is 5.76 Å². The summed E-state index contributed by atoms with van der Waals surface area (Å²) >= 11 is 5.93. The smallest absolute Gasteiger partial charge is 0.213 e. The van der Waals surface area contributed by atoms with E-state index in [9.17, 15) is 0 Å². The first kappa shape index (κ1) is 23.2. The van der Waals surface area contributed by atoms with Crippen LogP contribution in [-0.2, 0) is 18.5 Å². The fourth-order valence-electron chi connectivity index (χ4n) is 2.49. The summed E-state index contributed by atoms with van der Waals surface area (Å²) in [7, 11) is 1.72. The van der Waals surface area contributed by atoms with Crippen molar-refractivity contribution in [1.82, 2.24) is 25.4 Å². The zero-order chi connectivity index (χ0) is 20.1. The summed E-state index contributed by atoms with van der Waals surface area (Å²) in [5.41, 5.74) is 1.93. The summed E-state index contributed by atoms with van der Waals surface area (Å²) in [5.74, 6) is 2.15. The van der Waals surface area contributed by atoms with Crippen LogP contribution in [0, 0.1) is 0 Å². The predicted molar refractivity (Wildman–Crippen MR) is 126 cm³/mol. The number of nitrogens with one attached hydrogen (secondary N) is 2. The maximum Gasteiger partial charge on any atom is 0.213 e. The van der Waals surface area contributed by atoms with Crippen molar-refractivity contribution >= 4 is 41.5 Å². The molecule has 0 saturated carbocycles. The lowest BCUT2D eigenvalue weighted by molar-refractivity contribution is 0.379. The first-order valence-corrected chi connectivity index (χ1v) is 9.42. The van der Waals surface area contributed by atoms with Crippen LogP contribution in [0.5, 0.6) is 0 Å². The zero-order valence-electron chi connectivity index (χ0n) is 16.9. The highest BCUT2D eigenvalue weighted by atomic mass is 127. The predicted octanol–water partition coefficient (Wildman–Crippen LogP) is 4.29. The Morgan fingerprint density at radius 1 is 1.14 bits per heavy atom. The molecule has 7 nitrogen and oxygen atoms in total. The molecular formula is C20H26ClIN6O. The molecule has 0 radical (unpaired) electrons. The van der Waals surface area contributed by atoms with Gasteiger partial charge in [-0.15, -0.1) is 24.0 Å². The van der Waals surface area contributed by atoms with Gasteiger partial charge in [-0.1, -0.05) is 32.4 Å². The molecule has 9 heteroatoms. The first-order valence-electron chi connectivity index (χ1n) is 9.04. The van der Waals surface area contributed by atoms with E-state index in [1.54, 1.807) is 13.2 Å². The van der Waals surface area contributed by atoms with E-state index in [1.165, 1.54) is 0 Å². The number of benzene rings is 1. The highest BCUT2D eigenvalue weighted by molar-refractivity contribution is 14.0. The number of hydrogen-bond acceptors (Lipinski definition) is 4. The fourth-order valence-corrected chi connectivity index (χ4v) is 2.62. The third-order valence-electron chi connectivity index (χ3n) is 4.11. The molecule has 2 aromatic heterocycles. The summed E-state index contributed by atoms with van der Waals surface area (Å²) in [5, 5.41) is 11.6. The summed E-state index contributed by atoms with van der Waals surface area (Å²) in [6.45, 7) is 7.33. The van der Waals surface area contributed by atoms with E-state index >= 15 is 0 Å². The van der Waals surface area contributed by atoms with Crippen molar-refractivity contribution in [3.63, 3.8) is 0 Å². The van der Waals surface area contributed by atoms with Crippen LogP contribution in [0.2, 0.25) is 5.02 Å². The lowest BCUT2D eigenvalue weighted by Crippen LogP contribution is -2.36. The second-order valence-corrected chi connectivity index (χ2v) is 7.85. The minimum atomic E-state index is -0.0601. The van der Waals surface area contributed by atoms with Gasteiger partial charge in [0, 0.05) is 35.8 Å². The van der Waals surface area contributed by atoms with E-state index < -0.39 is 0 Å². The van der Waals surface area contributed by atoms with E-state index in [4.69, 9.17) is 16.0 Å². The van der Waals surface area contributed by atoms with Gasteiger partial charge in [0.25, 0.3) is 0 Å². The summed E-state index contributed by atoms with van der Waals surface area (Å²) in [6.07, 6.45) is 5.56. The van der Waals surface area contributed by atoms with Crippen molar-refractivity contribution in [2.75, 3.05) is 7.05 Å². The molecule has 0 amide bonds. The number of hydrogen-bond donors (Lipinski definition) is 2. The van der Waals surface area contributed by atoms with E-state index in [-0.39, 0.29) is 29.4 Å². The Kier molecular flexibility index (Phi) is 8.09. The standard InChI is InChI=1S/C20H25ClN6O.HI/c1-20(2,3)17-11-23-18(28-17)12-25-19(22-4)24-9-14-10-26-27(13-14)16-7-5-15(21)6-8-16;/h5-8,10-11,13H,9,12H2,1-4H3,(H2,22,24,25);1H. The largest absolute Gasteiger partial charge is 0.443 e. The van der Waals surface area contributed by atoms with Gasteiger partial charge in [-0.25, -0.2) is 9.67 Å². The first-order chi connectivity index (χ1) is 13.3. The van der Waals surface area contributed by atoms with Gasteiger partial charge < -0.3 is 15.1 Å². The van der Waals surface area contributed by atoms with Gasteiger partial charge in [-0.2, -0.15) is 5.10 Å². The topological polar surface area (TPSA) is 80.3 Å². The third kappa shape index (κ3) is 6.46. The molecule has 156 valence electrons. The molecule has 3 rings (SSSR count). The summed E-state index contributed by atoms with van der Waals surface area (Å²) in [4.78, 5) is 8.55. The number of halogens is 2. The monoisotopic (exact) mass is 528 g/mol. The molecular weight excluding hydrogens is 503 g/mol. The van der Waals surface area contributed by atoms with E-state index in [2.05, 4.69) is 46.5 Å². The molecule has 0 aliphatic carbocycles. The van der Waals surface area contributed by atoms with Gasteiger partial charge in [0.05, 0.1) is 24.6 Å². The Morgan fingerprint density at radius 3 is 2.45 bits per heavy atom. The fraction of sp³-hybridized carbons (Fsp3) is 0.350. The molecule has 0 aliphatic rings. The molecule has 0 unspecified atom stereocenters. The van der Waals surface area contributed by atoms with E-state index in [0.29, 0.717) is 30.0 Å². The van der Waals surface area contributed by atoms with Crippen molar-refractivity contribution < 1.29 is 4.42 Å². The average Bonchev–Trinajstić information content (AvgIpc) is 3.32. The number of rotatable bonds is 5. The van der Waals surface area contributed by atoms with Gasteiger partial charge in [-0.05, 0) is 24.3 Å². The molecule has 2 N–H and O–H groups in total. The second kappa shape index (κ2) is 10.1. The van der Waals surface area contributed by atoms with Crippen LogP contribution in [0.4, 0.5) is 0 Å². The lowest BCUT2D eigenvalue weighted by atomic mass is 9.94. The number of aromatic nitrogens is 3. The molecule has 0 saturated heterocycles. The van der Waals surface area contributed by atoms with Crippen molar-refractivity contribution in [2.24, 2.45) is 4.99 Å². The van der Waals surface area contributed by atoms with Crippen LogP contribution in [0.3, 0.4) is 0 Å². The maximum atomic E-state index is 5.93. The molecule has 0 spiro atoms. The highest BCUT2D eigenvalue weighted by Gasteiger charge is 2.19. The molecule has 0 bridgehead atoms. The lowest BCUT2D eigenvalue weighted by Gasteiger charge is -2.13. The number of oxazole rings is 1. The van der Waals surface area contributed by atoms with Crippen LogP contribution in [-0.4, -0.2) is 27.8 Å².